The zero-order valence-corrected chi connectivity index (χ0v) is 16.4. The second-order valence-corrected chi connectivity index (χ2v) is 6.45. The Bertz CT molecular complexity index is 761. The Kier molecular flexibility index (Phi) is 6.89. The van der Waals surface area contributed by atoms with Gasteiger partial charge in [0.1, 0.15) is 11.6 Å². The average molecular weight is 385 g/mol. The number of hydrogen-bond donors (Lipinski definition) is 2. The lowest BCUT2D eigenvalue weighted by Gasteiger charge is -2.31. The summed E-state index contributed by atoms with van der Waals surface area (Å²) in [5, 5.41) is 6.63. The summed E-state index contributed by atoms with van der Waals surface area (Å²) in [6.45, 7) is 6.16. The molecule has 150 valence electrons. The Morgan fingerprint density at radius 3 is 2.57 bits per heavy atom. The maximum Gasteiger partial charge on any atom is 0.409 e. The summed E-state index contributed by atoms with van der Waals surface area (Å²) in [6.07, 6.45) is 3.15. The van der Waals surface area contributed by atoms with E-state index in [1.165, 1.54) is 0 Å². The van der Waals surface area contributed by atoms with Crippen LogP contribution in [0.3, 0.4) is 0 Å². The van der Waals surface area contributed by atoms with Crippen LogP contribution >= 0.6 is 0 Å². The summed E-state index contributed by atoms with van der Waals surface area (Å²) in [4.78, 5) is 22.4. The van der Waals surface area contributed by atoms with Crippen LogP contribution in [0.5, 0.6) is 5.75 Å². The number of carbonyl (C=O) groups is 1. The Morgan fingerprint density at radius 2 is 1.89 bits per heavy atom. The fourth-order valence-corrected chi connectivity index (χ4v) is 3.05. The van der Waals surface area contributed by atoms with E-state index in [1.807, 2.05) is 44.2 Å². The van der Waals surface area contributed by atoms with Crippen LogP contribution in [0, 0.1) is 0 Å². The Hall–Kier alpha value is -3.03. The van der Waals surface area contributed by atoms with Gasteiger partial charge in [-0.25, -0.2) is 9.78 Å². The molecule has 0 spiro atoms. The van der Waals surface area contributed by atoms with Crippen molar-refractivity contribution in [3.8, 4) is 5.75 Å². The molecule has 1 aromatic carbocycles. The molecule has 1 amide bonds. The predicted octanol–water partition coefficient (Wildman–Crippen LogP) is 3.65. The van der Waals surface area contributed by atoms with Gasteiger partial charge < -0.3 is 25.0 Å². The van der Waals surface area contributed by atoms with Crippen molar-refractivity contribution in [2.75, 3.05) is 36.9 Å². The van der Waals surface area contributed by atoms with Crippen LogP contribution in [-0.4, -0.2) is 53.3 Å². The number of nitrogens with zero attached hydrogens (tertiary/aromatic N) is 3. The van der Waals surface area contributed by atoms with Gasteiger partial charge in [-0.1, -0.05) is 0 Å². The standard InChI is InChI=1S/C20H27N5O3/c1-3-27-17-7-5-15(6-8-17)22-18-9-12-21-19(24-18)23-16-10-13-25(14-11-16)20(26)28-4-2/h5-9,12,16H,3-4,10-11,13-14H2,1-2H3,(H2,21,22,23,24). The topological polar surface area (TPSA) is 88.6 Å². The van der Waals surface area contributed by atoms with Crippen molar-refractivity contribution in [1.82, 2.24) is 14.9 Å². The molecule has 2 N–H and O–H groups in total. The van der Waals surface area contributed by atoms with Gasteiger partial charge in [0, 0.05) is 31.0 Å². The lowest BCUT2D eigenvalue weighted by molar-refractivity contribution is 0.0983. The van der Waals surface area contributed by atoms with E-state index in [1.54, 1.807) is 11.1 Å². The number of amides is 1. The van der Waals surface area contributed by atoms with Crippen LogP contribution in [0.2, 0.25) is 0 Å². The predicted molar refractivity (Wildman–Crippen MR) is 108 cm³/mol. The molecule has 28 heavy (non-hydrogen) atoms. The molecule has 8 heteroatoms. The van der Waals surface area contributed by atoms with Crippen LogP contribution in [-0.2, 0) is 4.74 Å². The number of carbonyl (C=O) groups excluding carboxylic acids is 1. The van der Waals surface area contributed by atoms with E-state index < -0.39 is 0 Å². The fourth-order valence-electron chi connectivity index (χ4n) is 3.05. The van der Waals surface area contributed by atoms with Gasteiger partial charge in [0.05, 0.1) is 13.2 Å². The Balaban J connectivity index is 1.53. The number of rotatable bonds is 7. The number of nitrogens with one attached hydrogen (secondary N) is 2. The first kappa shape index (κ1) is 19.7. The Morgan fingerprint density at radius 1 is 1.14 bits per heavy atom. The molecule has 1 saturated heterocycles. The minimum atomic E-state index is -0.237. The molecule has 1 aliphatic heterocycles. The SMILES string of the molecule is CCOC(=O)N1CCC(Nc2nccc(Nc3ccc(OCC)cc3)n2)CC1. The van der Waals surface area contributed by atoms with Gasteiger partial charge in [-0.15, -0.1) is 0 Å². The number of piperidine rings is 1. The van der Waals surface area contributed by atoms with E-state index in [0.29, 0.717) is 38.1 Å². The number of ether oxygens (including phenoxy) is 2. The van der Waals surface area contributed by atoms with Crippen LogP contribution in [0.25, 0.3) is 0 Å². The summed E-state index contributed by atoms with van der Waals surface area (Å²) in [6, 6.07) is 9.79. The summed E-state index contributed by atoms with van der Waals surface area (Å²) >= 11 is 0. The van der Waals surface area contributed by atoms with Gasteiger partial charge in [-0.3, -0.25) is 0 Å². The summed E-state index contributed by atoms with van der Waals surface area (Å²) < 4.78 is 10.5. The smallest absolute Gasteiger partial charge is 0.409 e. The van der Waals surface area contributed by atoms with Crippen molar-refractivity contribution in [2.45, 2.75) is 32.7 Å². The molecule has 0 atom stereocenters. The third-order valence-corrected chi connectivity index (χ3v) is 4.45. The Labute approximate surface area is 165 Å². The lowest BCUT2D eigenvalue weighted by Crippen LogP contribution is -2.42. The molecule has 1 aliphatic rings. The van der Waals surface area contributed by atoms with E-state index in [-0.39, 0.29) is 12.1 Å². The minimum absolute atomic E-state index is 0.228. The molecular weight excluding hydrogens is 358 g/mol. The first-order chi connectivity index (χ1) is 13.7. The van der Waals surface area contributed by atoms with Crippen molar-refractivity contribution in [1.29, 1.82) is 0 Å². The number of aromatic nitrogens is 2. The third-order valence-electron chi connectivity index (χ3n) is 4.45. The number of anilines is 3. The molecule has 0 radical (unpaired) electrons. The van der Waals surface area contributed by atoms with Gasteiger partial charge >= 0.3 is 6.09 Å². The monoisotopic (exact) mass is 385 g/mol. The number of hydrogen-bond acceptors (Lipinski definition) is 7. The molecule has 0 aliphatic carbocycles. The molecule has 1 fully saturated rings. The first-order valence-electron chi connectivity index (χ1n) is 9.69. The summed E-state index contributed by atoms with van der Waals surface area (Å²) in [5.74, 6) is 2.13. The van der Waals surface area contributed by atoms with E-state index in [2.05, 4.69) is 20.6 Å². The van der Waals surface area contributed by atoms with E-state index in [4.69, 9.17) is 9.47 Å². The van der Waals surface area contributed by atoms with Crippen LogP contribution in [0.4, 0.5) is 22.2 Å². The van der Waals surface area contributed by atoms with Crippen LogP contribution in [0.15, 0.2) is 36.5 Å². The molecule has 0 bridgehead atoms. The van der Waals surface area contributed by atoms with Crippen molar-refractivity contribution < 1.29 is 14.3 Å². The van der Waals surface area contributed by atoms with E-state index in [9.17, 15) is 4.79 Å². The quantitative estimate of drug-likeness (QED) is 0.752. The molecular formula is C20H27N5O3. The van der Waals surface area contributed by atoms with Gasteiger partial charge in [0.25, 0.3) is 0 Å². The van der Waals surface area contributed by atoms with Crippen molar-refractivity contribution in [2.24, 2.45) is 0 Å². The zero-order chi connectivity index (χ0) is 19.8. The highest BCUT2D eigenvalue weighted by Gasteiger charge is 2.23. The second-order valence-electron chi connectivity index (χ2n) is 6.45. The third kappa shape index (κ3) is 5.48. The van der Waals surface area contributed by atoms with Gasteiger partial charge in [0.2, 0.25) is 5.95 Å². The largest absolute Gasteiger partial charge is 0.494 e. The summed E-state index contributed by atoms with van der Waals surface area (Å²) in [5.41, 5.74) is 0.927. The highest BCUT2D eigenvalue weighted by Crippen LogP contribution is 2.20. The summed E-state index contributed by atoms with van der Waals surface area (Å²) in [7, 11) is 0. The van der Waals surface area contributed by atoms with E-state index >= 15 is 0 Å². The molecule has 2 aromatic rings. The number of benzene rings is 1. The molecule has 0 unspecified atom stereocenters. The maximum absolute atomic E-state index is 11.8. The average Bonchev–Trinajstić information content (AvgIpc) is 2.71. The second kappa shape index (κ2) is 9.77. The van der Waals surface area contributed by atoms with Crippen LogP contribution < -0.4 is 15.4 Å². The molecule has 2 heterocycles. The van der Waals surface area contributed by atoms with Crippen molar-refractivity contribution in [3.63, 3.8) is 0 Å². The fraction of sp³-hybridized carbons (Fsp3) is 0.450. The normalized spacial score (nSPS) is 14.4. The van der Waals surface area contributed by atoms with Crippen LogP contribution in [0.1, 0.15) is 26.7 Å². The van der Waals surface area contributed by atoms with Crippen molar-refractivity contribution in [3.05, 3.63) is 36.5 Å². The zero-order valence-electron chi connectivity index (χ0n) is 16.4. The molecule has 8 nitrogen and oxygen atoms in total. The first-order valence-corrected chi connectivity index (χ1v) is 9.69. The maximum atomic E-state index is 11.8. The van der Waals surface area contributed by atoms with E-state index in [0.717, 1.165) is 24.3 Å². The molecule has 3 rings (SSSR count). The number of likely N-dealkylation sites (tertiary alicyclic amines) is 1. The minimum Gasteiger partial charge on any atom is -0.494 e. The lowest BCUT2D eigenvalue weighted by atomic mass is 10.1. The van der Waals surface area contributed by atoms with Crippen molar-refractivity contribution >= 4 is 23.5 Å². The highest BCUT2D eigenvalue weighted by molar-refractivity contribution is 5.67. The molecule has 1 aromatic heterocycles. The van der Waals surface area contributed by atoms with Gasteiger partial charge in [-0.05, 0) is 57.0 Å². The molecule has 0 saturated carbocycles. The highest BCUT2D eigenvalue weighted by atomic mass is 16.6. The van der Waals surface area contributed by atoms with Gasteiger partial charge in [-0.2, -0.15) is 4.98 Å². The van der Waals surface area contributed by atoms with Gasteiger partial charge in [0.15, 0.2) is 0 Å².